The van der Waals surface area contributed by atoms with E-state index in [0.29, 0.717) is 17.3 Å². The number of hydrogen-bond donors (Lipinski definition) is 2. The number of benzene rings is 1. The molecule has 0 aliphatic rings. The normalized spacial score (nSPS) is 11.8. The number of hydrogen-bond acceptors (Lipinski definition) is 2. The predicted molar refractivity (Wildman–Crippen MR) is 72.2 cm³/mol. The van der Waals surface area contributed by atoms with E-state index in [1.165, 1.54) is 0 Å². The van der Waals surface area contributed by atoms with Gasteiger partial charge >= 0.3 is 0 Å². The van der Waals surface area contributed by atoms with E-state index in [1.54, 1.807) is 6.07 Å². The summed E-state index contributed by atoms with van der Waals surface area (Å²) in [6, 6.07) is 9.54. The summed E-state index contributed by atoms with van der Waals surface area (Å²) in [6.45, 7) is 2.57. The zero-order valence-electron chi connectivity index (χ0n) is 9.97. The Morgan fingerprint density at radius 1 is 1.44 bits per heavy atom. The third-order valence-electron chi connectivity index (χ3n) is 2.75. The lowest BCUT2D eigenvalue weighted by Crippen LogP contribution is -2.18. The largest absolute Gasteiger partial charge is 0.409 e. The van der Waals surface area contributed by atoms with Gasteiger partial charge in [0.2, 0.25) is 0 Å². The molecular weight excluding hydrogens is 250 g/mol. The molecule has 1 heterocycles. The second-order valence-electron chi connectivity index (χ2n) is 4.10. The molecule has 4 nitrogen and oxygen atoms in total. The van der Waals surface area contributed by atoms with Crippen molar-refractivity contribution in [3.05, 3.63) is 58.4 Å². The van der Waals surface area contributed by atoms with Crippen LogP contribution in [0.15, 0.2) is 41.7 Å². The summed E-state index contributed by atoms with van der Waals surface area (Å²) in [5.74, 6) is 0.0863. The number of halogens is 1. The van der Waals surface area contributed by atoms with Crippen molar-refractivity contribution in [3.8, 4) is 0 Å². The van der Waals surface area contributed by atoms with E-state index in [2.05, 4.69) is 5.16 Å². The molecule has 0 fully saturated rings. The van der Waals surface area contributed by atoms with Crippen LogP contribution in [0.4, 0.5) is 0 Å². The van der Waals surface area contributed by atoms with E-state index in [1.807, 2.05) is 42.0 Å². The maximum absolute atomic E-state index is 8.71. The van der Waals surface area contributed by atoms with Crippen LogP contribution in [-0.2, 0) is 6.54 Å². The van der Waals surface area contributed by atoms with Crippen LogP contribution in [0, 0.1) is 6.92 Å². The van der Waals surface area contributed by atoms with E-state index in [9.17, 15) is 0 Å². The highest BCUT2D eigenvalue weighted by molar-refractivity contribution is 6.31. The van der Waals surface area contributed by atoms with E-state index in [4.69, 9.17) is 22.5 Å². The van der Waals surface area contributed by atoms with Gasteiger partial charge in [-0.3, -0.25) is 0 Å². The second-order valence-corrected chi connectivity index (χ2v) is 4.51. The van der Waals surface area contributed by atoms with Crippen molar-refractivity contribution in [1.82, 2.24) is 4.57 Å². The van der Waals surface area contributed by atoms with Gasteiger partial charge in [0.05, 0.1) is 5.69 Å². The Hall–Kier alpha value is -1.94. The van der Waals surface area contributed by atoms with Gasteiger partial charge in [0, 0.05) is 17.8 Å². The molecule has 0 unspecified atom stereocenters. The standard InChI is InChI=1S/C13H14ClN3O/c1-9-4-5-10(11(14)7-9)8-17-6-2-3-12(17)13(15)16-18/h2-7,18H,8H2,1H3,(H2,15,16). The summed E-state index contributed by atoms with van der Waals surface area (Å²) in [7, 11) is 0. The molecule has 94 valence electrons. The molecule has 0 atom stereocenters. The lowest BCUT2D eigenvalue weighted by molar-refractivity contribution is 0.318. The molecule has 0 aliphatic heterocycles. The second kappa shape index (κ2) is 5.14. The molecule has 0 spiro atoms. The molecule has 2 aromatic rings. The van der Waals surface area contributed by atoms with Gasteiger partial charge in [-0.1, -0.05) is 28.9 Å². The quantitative estimate of drug-likeness (QED) is 0.387. The van der Waals surface area contributed by atoms with Crippen LogP contribution in [0.2, 0.25) is 5.02 Å². The molecule has 0 bridgehead atoms. The molecule has 0 radical (unpaired) electrons. The van der Waals surface area contributed by atoms with Crippen LogP contribution in [0.1, 0.15) is 16.8 Å². The first-order chi connectivity index (χ1) is 8.61. The fourth-order valence-corrected chi connectivity index (χ4v) is 2.09. The third kappa shape index (κ3) is 2.49. The number of rotatable bonds is 3. The summed E-state index contributed by atoms with van der Waals surface area (Å²) in [5.41, 5.74) is 8.37. The van der Waals surface area contributed by atoms with Crippen molar-refractivity contribution in [2.24, 2.45) is 10.9 Å². The van der Waals surface area contributed by atoms with Crippen LogP contribution in [0.25, 0.3) is 0 Å². The molecule has 0 saturated heterocycles. The smallest absolute Gasteiger partial charge is 0.186 e. The van der Waals surface area contributed by atoms with Crippen molar-refractivity contribution < 1.29 is 5.21 Å². The Labute approximate surface area is 110 Å². The molecule has 1 aromatic carbocycles. The number of aromatic nitrogens is 1. The summed E-state index contributed by atoms with van der Waals surface area (Å²) in [5, 5.41) is 12.4. The summed E-state index contributed by atoms with van der Waals surface area (Å²) < 4.78 is 1.88. The van der Waals surface area contributed by atoms with Gasteiger partial charge in [-0.15, -0.1) is 0 Å². The van der Waals surface area contributed by atoms with E-state index >= 15 is 0 Å². The van der Waals surface area contributed by atoms with Crippen molar-refractivity contribution in [3.63, 3.8) is 0 Å². The summed E-state index contributed by atoms with van der Waals surface area (Å²) in [6.07, 6.45) is 1.86. The number of aryl methyl sites for hydroxylation is 1. The molecule has 18 heavy (non-hydrogen) atoms. The Kier molecular flexibility index (Phi) is 3.58. The van der Waals surface area contributed by atoms with Crippen LogP contribution in [-0.4, -0.2) is 15.6 Å². The fraction of sp³-hybridized carbons (Fsp3) is 0.154. The monoisotopic (exact) mass is 263 g/mol. The molecule has 1 aromatic heterocycles. The van der Waals surface area contributed by atoms with Gasteiger partial charge in [0.1, 0.15) is 0 Å². The molecule has 3 N–H and O–H groups in total. The van der Waals surface area contributed by atoms with Crippen molar-refractivity contribution in [1.29, 1.82) is 0 Å². The average Bonchev–Trinajstić information content (AvgIpc) is 2.80. The van der Waals surface area contributed by atoms with Crippen LogP contribution < -0.4 is 5.73 Å². The molecule has 0 amide bonds. The maximum Gasteiger partial charge on any atom is 0.186 e. The lowest BCUT2D eigenvalue weighted by Gasteiger charge is -2.10. The van der Waals surface area contributed by atoms with E-state index in [-0.39, 0.29) is 5.84 Å². The van der Waals surface area contributed by atoms with Gasteiger partial charge in [-0.05, 0) is 36.2 Å². The Bertz CT molecular complexity index is 590. The van der Waals surface area contributed by atoms with Crippen LogP contribution in [0.3, 0.4) is 0 Å². The minimum absolute atomic E-state index is 0.0863. The Morgan fingerprint density at radius 2 is 2.22 bits per heavy atom. The minimum Gasteiger partial charge on any atom is -0.409 e. The molecule has 0 aliphatic carbocycles. The first-order valence-corrected chi connectivity index (χ1v) is 5.87. The zero-order valence-corrected chi connectivity index (χ0v) is 10.7. The molecular formula is C13H14ClN3O. The van der Waals surface area contributed by atoms with Crippen molar-refractivity contribution in [2.75, 3.05) is 0 Å². The molecule has 2 rings (SSSR count). The maximum atomic E-state index is 8.71. The van der Waals surface area contributed by atoms with Gasteiger partial charge in [-0.2, -0.15) is 0 Å². The summed E-state index contributed by atoms with van der Waals surface area (Å²) in [4.78, 5) is 0. The topological polar surface area (TPSA) is 63.5 Å². The predicted octanol–water partition coefficient (Wildman–Crippen LogP) is 2.59. The van der Waals surface area contributed by atoms with Crippen molar-refractivity contribution in [2.45, 2.75) is 13.5 Å². The van der Waals surface area contributed by atoms with Gasteiger partial charge < -0.3 is 15.5 Å². The van der Waals surface area contributed by atoms with Gasteiger partial charge in [0.25, 0.3) is 0 Å². The Balaban J connectivity index is 2.32. The highest BCUT2D eigenvalue weighted by Crippen LogP contribution is 2.19. The number of nitrogens with zero attached hydrogens (tertiary/aromatic N) is 2. The fourth-order valence-electron chi connectivity index (χ4n) is 1.80. The van der Waals surface area contributed by atoms with E-state index < -0.39 is 0 Å². The van der Waals surface area contributed by atoms with Gasteiger partial charge in [0.15, 0.2) is 5.84 Å². The number of amidine groups is 1. The molecule has 5 heteroatoms. The van der Waals surface area contributed by atoms with Crippen molar-refractivity contribution >= 4 is 17.4 Å². The zero-order chi connectivity index (χ0) is 13.1. The van der Waals surface area contributed by atoms with Crippen LogP contribution in [0.5, 0.6) is 0 Å². The van der Waals surface area contributed by atoms with E-state index in [0.717, 1.165) is 11.1 Å². The minimum atomic E-state index is 0.0863. The average molecular weight is 264 g/mol. The molecule has 0 saturated carbocycles. The number of oxime groups is 1. The highest BCUT2D eigenvalue weighted by atomic mass is 35.5. The highest BCUT2D eigenvalue weighted by Gasteiger charge is 2.08. The first-order valence-electron chi connectivity index (χ1n) is 5.50. The number of nitrogens with two attached hydrogens (primary N) is 1. The first kappa shape index (κ1) is 12.5. The van der Waals surface area contributed by atoms with Gasteiger partial charge in [-0.25, -0.2) is 0 Å². The summed E-state index contributed by atoms with van der Waals surface area (Å²) >= 11 is 6.19. The third-order valence-corrected chi connectivity index (χ3v) is 3.10. The SMILES string of the molecule is Cc1ccc(Cn2cccc2/C(N)=N/O)c(Cl)c1. The Morgan fingerprint density at radius 3 is 2.89 bits per heavy atom. The lowest BCUT2D eigenvalue weighted by atomic mass is 10.1. The van der Waals surface area contributed by atoms with Crippen LogP contribution >= 0.6 is 11.6 Å².